The second-order valence-corrected chi connectivity index (χ2v) is 7.47. The first-order valence-corrected chi connectivity index (χ1v) is 8.31. The molecule has 2 atom stereocenters. The van der Waals surface area contributed by atoms with E-state index in [0.29, 0.717) is 5.92 Å². The SMILES string of the molecule is CCCCCCC(CCC)CC(C)(C)[S+](N)[O-]. The standard InChI is InChI=1S/C14H31NOS/c1-5-7-8-9-11-13(10-6-2)12-14(3,4)17(15)16/h13H,5-12,15H2,1-4H3. The van der Waals surface area contributed by atoms with Gasteiger partial charge in [0.2, 0.25) is 0 Å². The molecule has 17 heavy (non-hydrogen) atoms. The molecule has 0 fully saturated rings. The van der Waals surface area contributed by atoms with Crippen molar-refractivity contribution in [3.8, 4) is 0 Å². The van der Waals surface area contributed by atoms with Crippen LogP contribution in [0.5, 0.6) is 0 Å². The van der Waals surface area contributed by atoms with Crippen LogP contribution >= 0.6 is 0 Å². The van der Waals surface area contributed by atoms with Crippen molar-refractivity contribution in [3.63, 3.8) is 0 Å². The molecule has 0 aliphatic rings. The highest BCUT2D eigenvalue weighted by atomic mass is 32.2. The molecule has 0 spiro atoms. The average Bonchev–Trinajstić information content (AvgIpc) is 2.24. The van der Waals surface area contributed by atoms with Crippen molar-refractivity contribution < 1.29 is 4.55 Å². The molecule has 0 rings (SSSR count). The summed E-state index contributed by atoms with van der Waals surface area (Å²) in [5.41, 5.74) is 0. The summed E-state index contributed by atoms with van der Waals surface area (Å²) in [4.78, 5) is 0. The molecule has 0 saturated carbocycles. The minimum absolute atomic E-state index is 0.232. The topological polar surface area (TPSA) is 49.1 Å². The molecule has 2 unspecified atom stereocenters. The summed E-state index contributed by atoms with van der Waals surface area (Å²) >= 11 is -1.21. The van der Waals surface area contributed by atoms with Gasteiger partial charge in [-0.2, -0.15) is 5.14 Å². The summed E-state index contributed by atoms with van der Waals surface area (Å²) in [5.74, 6) is 0.694. The Labute approximate surface area is 111 Å². The molecule has 0 amide bonds. The third kappa shape index (κ3) is 8.06. The zero-order valence-corrected chi connectivity index (χ0v) is 12.9. The normalized spacial score (nSPS) is 15.9. The number of unbranched alkanes of at least 4 members (excludes halogenated alkanes) is 3. The third-order valence-electron chi connectivity index (χ3n) is 3.49. The summed E-state index contributed by atoms with van der Waals surface area (Å²) in [6.07, 6.45) is 10.00. The van der Waals surface area contributed by atoms with Crippen LogP contribution in [0.1, 0.15) is 79.1 Å². The van der Waals surface area contributed by atoms with E-state index in [9.17, 15) is 4.55 Å². The van der Waals surface area contributed by atoms with E-state index in [1.54, 1.807) is 0 Å². The molecular weight excluding hydrogens is 230 g/mol. The van der Waals surface area contributed by atoms with Crippen LogP contribution < -0.4 is 5.14 Å². The summed E-state index contributed by atoms with van der Waals surface area (Å²) < 4.78 is 11.2. The lowest BCUT2D eigenvalue weighted by Crippen LogP contribution is -2.39. The fraction of sp³-hybridized carbons (Fsp3) is 1.00. The molecule has 0 aromatic rings. The second-order valence-electron chi connectivity index (χ2n) is 5.77. The lowest BCUT2D eigenvalue weighted by molar-refractivity contribution is 0.355. The van der Waals surface area contributed by atoms with Gasteiger partial charge in [0.15, 0.2) is 0 Å². The molecule has 0 radical (unpaired) electrons. The van der Waals surface area contributed by atoms with Gasteiger partial charge in [-0.05, 0) is 19.8 Å². The van der Waals surface area contributed by atoms with Crippen LogP contribution in [0.15, 0.2) is 0 Å². The molecule has 0 aliphatic heterocycles. The van der Waals surface area contributed by atoms with Gasteiger partial charge in [0.25, 0.3) is 0 Å². The van der Waals surface area contributed by atoms with Gasteiger partial charge in [0.1, 0.15) is 4.75 Å². The van der Waals surface area contributed by atoms with Crippen molar-refractivity contribution in [1.82, 2.24) is 0 Å². The quantitative estimate of drug-likeness (QED) is 0.474. The van der Waals surface area contributed by atoms with Crippen LogP contribution in [0.25, 0.3) is 0 Å². The fourth-order valence-electron chi connectivity index (χ4n) is 2.39. The molecule has 0 heterocycles. The third-order valence-corrected chi connectivity index (χ3v) is 4.74. The molecule has 0 aromatic carbocycles. The predicted molar refractivity (Wildman–Crippen MR) is 78.2 cm³/mol. The minimum atomic E-state index is -1.21. The summed E-state index contributed by atoms with van der Waals surface area (Å²) in [7, 11) is 0. The van der Waals surface area contributed by atoms with Gasteiger partial charge in [-0.25, -0.2) is 0 Å². The van der Waals surface area contributed by atoms with Crippen molar-refractivity contribution in [2.24, 2.45) is 11.1 Å². The second kappa shape index (κ2) is 9.23. The van der Waals surface area contributed by atoms with Gasteiger partial charge in [0, 0.05) is 17.8 Å². The number of hydrogen-bond acceptors (Lipinski definition) is 2. The Kier molecular flexibility index (Phi) is 9.38. The first-order valence-electron chi connectivity index (χ1n) is 7.10. The number of rotatable bonds is 10. The monoisotopic (exact) mass is 261 g/mol. The van der Waals surface area contributed by atoms with Crippen molar-refractivity contribution in [2.75, 3.05) is 0 Å². The van der Waals surface area contributed by atoms with E-state index in [2.05, 4.69) is 13.8 Å². The molecule has 104 valence electrons. The van der Waals surface area contributed by atoms with E-state index in [1.807, 2.05) is 13.8 Å². The van der Waals surface area contributed by atoms with Crippen molar-refractivity contribution >= 4 is 11.4 Å². The van der Waals surface area contributed by atoms with Crippen LogP contribution in [-0.2, 0) is 11.4 Å². The van der Waals surface area contributed by atoms with Gasteiger partial charge in [-0.3, -0.25) is 0 Å². The van der Waals surface area contributed by atoms with Crippen LogP contribution in [0.3, 0.4) is 0 Å². The van der Waals surface area contributed by atoms with Gasteiger partial charge in [0.05, 0.1) is 0 Å². The average molecular weight is 261 g/mol. The Balaban J connectivity index is 4.05. The summed E-state index contributed by atoms with van der Waals surface area (Å²) in [5, 5.41) is 5.56. The van der Waals surface area contributed by atoms with Gasteiger partial charge in [-0.15, -0.1) is 0 Å². The Morgan fingerprint density at radius 3 is 2.18 bits per heavy atom. The molecule has 3 heteroatoms. The molecule has 0 aromatic heterocycles. The van der Waals surface area contributed by atoms with E-state index < -0.39 is 11.4 Å². The molecule has 0 saturated heterocycles. The van der Waals surface area contributed by atoms with Gasteiger partial charge in [-0.1, -0.05) is 58.8 Å². The van der Waals surface area contributed by atoms with Crippen molar-refractivity contribution in [3.05, 3.63) is 0 Å². The fourth-order valence-corrected chi connectivity index (χ4v) is 2.79. The smallest absolute Gasteiger partial charge is 0.139 e. The van der Waals surface area contributed by atoms with E-state index in [0.717, 1.165) is 6.42 Å². The molecule has 2 nitrogen and oxygen atoms in total. The van der Waals surface area contributed by atoms with Crippen molar-refractivity contribution in [2.45, 2.75) is 83.8 Å². The Hall–Kier alpha value is 0.270. The molecule has 0 bridgehead atoms. The number of nitrogens with two attached hydrogens (primary N) is 1. The highest BCUT2D eigenvalue weighted by molar-refractivity contribution is 7.90. The maximum atomic E-state index is 11.5. The summed E-state index contributed by atoms with van der Waals surface area (Å²) in [6, 6.07) is 0. The summed E-state index contributed by atoms with van der Waals surface area (Å²) in [6.45, 7) is 8.52. The minimum Gasteiger partial charge on any atom is -0.598 e. The van der Waals surface area contributed by atoms with Crippen LogP contribution in [0.2, 0.25) is 0 Å². The van der Waals surface area contributed by atoms with E-state index in [1.165, 1.54) is 44.9 Å². The molecular formula is C14H31NOS. The van der Waals surface area contributed by atoms with E-state index in [-0.39, 0.29) is 4.75 Å². The van der Waals surface area contributed by atoms with Crippen LogP contribution in [-0.4, -0.2) is 9.30 Å². The van der Waals surface area contributed by atoms with Crippen LogP contribution in [0.4, 0.5) is 0 Å². The predicted octanol–water partition coefficient (Wildman–Crippen LogP) is 4.16. The lowest BCUT2D eigenvalue weighted by atomic mass is 9.88. The lowest BCUT2D eigenvalue weighted by Gasteiger charge is -2.29. The van der Waals surface area contributed by atoms with Crippen LogP contribution in [0, 0.1) is 5.92 Å². The Bertz CT molecular complexity index is 183. The highest BCUT2D eigenvalue weighted by Crippen LogP contribution is 2.29. The van der Waals surface area contributed by atoms with Gasteiger partial charge >= 0.3 is 0 Å². The van der Waals surface area contributed by atoms with Crippen molar-refractivity contribution in [1.29, 1.82) is 0 Å². The first kappa shape index (κ1) is 17.3. The Morgan fingerprint density at radius 2 is 1.71 bits per heavy atom. The number of hydrogen-bond donors (Lipinski definition) is 1. The zero-order chi connectivity index (χ0) is 13.3. The first-order chi connectivity index (χ1) is 7.94. The highest BCUT2D eigenvalue weighted by Gasteiger charge is 2.32. The maximum Gasteiger partial charge on any atom is 0.139 e. The van der Waals surface area contributed by atoms with E-state index in [4.69, 9.17) is 5.14 Å². The maximum absolute atomic E-state index is 11.5. The van der Waals surface area contributed by atoms with Gasteiger partial charge < -0.3 is 4.55 Å². The zero-order valence-electron chi connectivity index (χ0n) is 12.1. The molecule has 2 N–H and O–H groups in total. The Morgan fingerprint density at radius 1 is 1.06 bits per heavy atom. The van der Waals surface area contributed by atoms with E-state index >= 15 is 0 Å². The molecule has 0 aliphatic carbocycles. The largest absolute Gasteiger partial charge is 0.598 e.